The molecule has 0 amide bonds. The lowest BCUT2D eigenvalue weighted by Crippen LogP contribution is -2.29. The SMILES string of the molecule is CCC(COC)Nc1nc(C(C)(C)C(=O)O)cs1. The van der Waals surface area contributed by atoms with Gasteiger partial charge in [0.1, 0.15) is 5.41 Å². The van der Waals surface area contributed by atoms with Gasteiger partial charge in [-0.15, -0.1) is 11.3 Å². The summed E-state index contributed by atoms with van der Waals surface area (Å²) in [5, 5.41) is 14.9. The number of carboxylic acid groups (broad SMARTS) is 1. The summed E-state index contributed by atoms with van der Waals surface area (Å²) in [7, 11) is 1.66. The van der Waals surface area contributed by atoms with E-state index in [4.69, 9.17) is 9.84 Å². The number of ether oxygens (including phenoxy) is 1. The minimum atomic E-state index is -0.959. The number of carbonyl (C=O) groups is 1. The van der Waals surface area contributed by atoms with E-state index < -0.39 is 11.4 Å². The number of aliphatic carboxylic acids is 1. The Bertz CT molecular complexity index is 404. The van der Waals surface area contributed by atoms with Crippen LogP contribution in [0.4, 0.5) is 5.13 Å². The number of rotatable bonds is 7. The first-order valence-electron chi connectivity index (χ1n) is 5.86. The summed E-state index contributed by atoms with van der Waals surface area (Å²) in [4.78, 5) is 15.5. The second kappa shape index (κ2) is 6.15. The standard InChI is InChI=1S/C12H20N2O3S/c1-5-8(6-17-4)13-11-14-9(7-18-11)12(2,3)10(15)16/h7-8H,5-6H2,1-4H3,(H,13,14)(H,15,16). The van der Waals surface area contributed by atoms with E-state index in [-0.39, 0.29) is 6.04 Å². The van der Waals surface area contributed by atoms with Crippen LogP contribution in [0.15, 0.2) is 5.38 Å². The third-order valence-corrected chi connectivity index (χ3v) is 3.64. The summed E-state index contributed by atoms with van der Waals surface area (Å²) >= 11 is 1.42. The van der Waals surface area contributed by atoms with Crippen LogP contribution in [-0.4, -0.2) is 35.8 Å². The van der Waals surface area contributed by atoms with Crippen molar-refractivity contribution in [2.45, 2.75) is 38.6 Å². The molecule has 102 valence electrons. The molecule has 5 nitrogen and oxygen atoms in total. The maximum atomic E-state index is 11.1. The largest absolute Gasteiger partial charge is 0.481 e. The van der Waals surface area contributed by atoms with Crippen LogP contribution in [0.25, 0.3) is 0 Å². The zero-order valence-electron chi connectivity index (χ0n) is 11.2. The molecule has 1 rings (SSSR count). The quantitative estimate of drug-likeness (QED) is 0.797. The lowest BCUT2D eigenvalue weighted by molar-refractivity contribution is -0.142. The van der Waals surface area contributed by atoms with Gasteiger partial charge < -0.3 is 15.2 Å². The third-order valence-electron chi connectivity index (χ3n) is 2.87. The van der Waals surface area contributed by atoms with Crippen molar-refractivity contribution >= 4 is 22.4 Å². The zero-order valence-corrected chi connectivity index (χ0v) is 12.0. The third kappa shape index (κ3) is 3.43. The van der Waals surface area contributed by atoms with E-state index in [9.17, 15) is 4.79 Å². The Morgan fingerprint density at radius 2 is 2.33 bits per heavy atom. The Labute approximate surface area is 111 Å². The Balaban J connectivity index is 2.77. The van der Waals surface area contributed by atoms with E-state index in [0.717, 1.165) is 11.6 Å². The van der Waals surface area contributed by atoms with Gasteiger partial charge in [0.2, 0.25) is 0 Å². The zero-order chi connectivity index (χ0) is 13.8. The van der Waals surface area contributed by atoms with Gasteiger partial charge in [-0.2, -0.15) is 0 Å². The van der Waals surface area contributed by atoms with Crippen molar-refractivity contribution < 1.29 is 14.6 Å². The second-order valence-electron chi connectivity index (χ2n) is 4.67. The van der Waals surface area contributed by atoms with E-state index in [1.54, 1.807) is 26.3 Å². The molecule has 0 aliphatic heterocycles. The Kier molecular flexibility index (Phi) is 5.10. The fourth-order valence-electron chi connectivity index (χ4n) is 1.37. The number of thiazole rings is 1. The number of hydrogen-bond acceptors (Lipinski definition) is 5. The van der Waals surface area contributed by atoms with Crippen molar-refractivity contribution in [3.8, 4) is 0 Å². The first kappa shape index (κ1) is 14.9. The molecule has 2 N–H and O–H groups in total. The molecule has 18 heavy (non-hydrogen) atoms. The first-order chi connectivity index (χ1) is 8.41. The molecule has 0 saturated carbocycles. The molecule has 1 aromatic rings. The lowest BCUT2D eigenvalue weighted by Gasteiger charge is -2.17. The highest BCUT2D eigenvalue weighted by atomic mass is 32.1. The molecule has 0 aromatic carbocycles. The Hall–Kier alpha value is -1.14. The number of carboxylic acids is 1. The minimum absolute atomic E-state index is 0.196. The molecular formula is C12H20N2O3S. The average Bonchev–Trinajstić information content (AvgIpc) is 2.77. The van der Waals surface area contributed by atoms with E-state index >= 15 is 0 Å². The van der Waals surface area contributed by atoms with Crippen molar-refractivity contribution in [1.29, 1.82) is 0 Å². The summed E-state index contributed by atoms with van der Waals surface area (Å²) < 4.78 is 5.10. The van der Waals surface area contributed by atoms with Crippen LogP contribution in [-0.2, 0) is 14.9 Å². The van der Waals surface area contributed by atoms with E-state index in [0.29, 0.717) is 12.3 Å². The fourth-order valence-corrected chi connectivity index (χ4v) is 2.33. The molecule has 0 radical (unpaired) electrons. The molecular weight excluding hydrogens is 252 g/mol. The molecule has 0 spiro atoms. The van der Waals surface area contributed by atoms with Crippen molar-refractivity contribution in [1.82, 2.24) is 4.98 Å². The second-order valence-corrected chi connectivity index (χ2v) is 5.53. The van der Waals surface area contributed by atoms with Crippen LogP contribution >= 0.6 is 11.3 Å². The summed E-state index contributed by atoms with van der Waals surface area (Å²) in [5.41, 5.74) is -0.380. The monoisotopic (exact) mass is 272 g/mol. The van der Waals surface area contributed by atoms with E-state index in [1.807, 2.05) is 0 Å². The molecule has 0 aliphatic rings. The lowest BCUT2D eigenvalue weighted by atomic mass is 9.90. The van der Waals surface area contributed by atoms with Crippen molar-refractivity contribution in [3.63, 3.8) is 0 Å². The highest BCUT2D eigenvalue weighted by Gasteiger charge is 2.32. The summed E-state index contributed by atoms with van der Waals surface area (Å²) in [6, 6.07) is 0.196. The highest BCUT2D eigenvalue weighted by molar-refractivity contribution is 7.13. The number of nitrogens with zero attached hydrogens (tertiary/aromatic N) is 1. The van der Waals surface area contributed by atoms with E-state index in [1.165, 1.54) is 11.3 Å². The molecule has 1 atom stereocenters. The van der Waals surface area contributed by atoms with Gasteiger partial charge >= 0.3 is 5.97 Å². The van der Waals surface area contributed by atoms with Gasteiger partial charge in [-0.1, -0.05) is 6.92 Å². The summed E-state index contributed by atoms with van der Waals surface area (Å²) in [5.74, 6) is -0.872. The van der Waals surface area contributed by atoms with Crippen LogP contribution in [0.1, 0.15) is 32.9 Å². The molecule has 1 aromatic heterocycles. The van der Waals surface area contributed by atoms with Gasteiger partial charge in [-0.05, 0) is 20.3 Å². The van der Waals surface area contributed by atoms with Crippen molar-refractivity contribution in [3.05, 3.63) is 11.1 Å². The Morgan fingerprint density at radius 1 is 1.67 bits per heavy atom. The molecule has 1 heterocycles. The van der Waals surface area contributed by atoms with Crippen molar-refractivity contribution in [2.75, 3.05) is 19.0 Å². The molecule has 0 saturated heterocycles. The van der Waals surface area contributed by atoms with Crippen LogP contribution in [0.5, 0.6) is 0 Å². The summed E-state index contributed by atoms with van der Waals surface area (Å²) in [6.45, 7) is 5.97. The van der Waals surface area contributed by atoms with Crippen LogP contribution in [0.2, 0.25) is 0 Å². The smallest absolute Gasteiger partial charge is 0.315 e. The minimum Gasteiger partial charge on any atom is -0.481 e. The molecule has 0 bridgehead atoms. The number of methoxy groups -OCH3 is 1. The fraction of sp³-hybridized carbons (Fsp3) is 0.667. The Morgan fingerprint density at radius 3 is 2.83 bits per heavy atom. The number of nitrogens with one attached hydrogen (secondary N) is 1. The number of hydrogen-bond donors (Lipinski definition) is 2. The van der Waals surface area contributed by atoms with Gasteiger partial charge in [0.25, 0.3) is 0 Å². The first-order valence-corrected chi connectivity index (χ1v) is 6.74. The summed E-state index contributed by atoms with van der Waals surface area (Å²) in [6.07, 6.45) is 0.922. The van der Waals surface area contributed by atoms with Crippen LogP contribution in [0, 0.1) is 0 Å². The van der Waals surface area contributed by atoms with Gasteiger partial charge in [-0.3, -0.25) is 4.79 Å². The van der Waals surface area contributed by atoms with Crippen molar-refractivity contribution in [2.24, 2.45) is 0 Å². The van der Waals surface area contributed by atoms with Crippen LogP contribution in [0.3, 0.4) is 0 Å². The normalized spacial score (nSPS) is 13.3. The molecule has 1 unspecified atom stereocenters. The predicted octanol–water partition coefficient (Wildman–Crippen LogP) is 2.34. The van der Waals surface area contributed by atoms with Gasteiger partial charge in [-0.25, -0.2) is 4.98 Å². The average molecular weight is 272 g/mol. The van der Waals surface area contributed by atoms with E-state index in [2.05, 4.69) is 17.2 Å². The number of aromatic nitrogens is 1. The molecule has 6 heteroatoms. The van der Waals surface area contributed by atoms with Gasteiger partial charge in [0.05, 0.1) is 18.3 Å². The maximum Gasteiger partial charge on any atom is 0.315 e. The topological polar surface area (TPSA) is 71.5 Å². The van der Waals surface area contributed by atoms with Gasteiger partial charge in [0, 0.05) is 12.5 Å². The maximum absolute atomic E-state index is 11.1. The van der Waals surface area contributed by atoms with Gasteiger partial charge in [0.15, 0.2) is 5.13 Å². The number of anilines is 1. The highest BCUT2D eigenvalue weighted by Crippen LogP contribution is 2.27. The molecule has 0 fully saturated rings. The molecule has 0 aliphatic carbocycles. The predicted molar refractivity (Wildman–Crippen MR) is 72.4 cm³/mol. The van der Waals surface area contributed by atoms with Crippen LogP contribution < -0.4 is 5.32 Å².